The Balaban J connectivity index is 1.42. The van der Waals surface area contributed by atoms with Gasteiger partial charge >= 0.3 is 0 Å². The fraction of sp³-hybridized carbons (Fsp3) is 0.529. The minimum atomic E-state index is 0.144. The second kappa shape index (κ2) is 5.30. The monoisotopic (exact) mass is 298 g/mol. The molecule has 0 spiro atoms. The van der Waals surface area contributed by atoms with Crippen LogP contribution in [-0.2, 0) is 13.0 Å². The summed E-state index contributed by atoms with van der Waals surface area (Å²) in [6.07, 6.45) is 10.4. The summed E-state index contributed by atoms with van der Waals surface area (Å²) in [6, 6.07) is 4.48. The molecule has 0 bridgehead atoms. The summed E-state index contributed by atoms with van der Waals surface area (Å²) < 4.78 is 4.36. The van der Waals surface area contributed by atoms with Gasteiger partial charge in [-0.05, 0) is 37.3 Å². The van der Waals surface area contributed by atoms with E-state index in [1.807, 2.05) is 42.7 Å². The highest BCUT2D eigenvalue weighted by Gasteiger charge is 2.29. The molecule has 1 amide bonds. The minimum absolute atomic E-state index is 0.144. The molecule has 116 valence electrons. The van der Waals surface area contributed by atoms with Gasteiger partial charge in [-0.3, -0.25) is 4.79 Å². The third-order valence-electron chi connectivity index (χ3n) is 4.87. The number of amides is 1. The van der Waals surface area contributed by atoms with Crippen LogP contribution < -0.4 is 0 Å². The molecule has 4 rings (SSSR count). The summed E-state index contributed by atoms with van der Waals surface area (Å²) in [7, 11) is 1.92. The van der Waals surface area contributed by atoms with Crippen molar-refractivity contribution in [2.24, 2.45) is 5.92 Å². The minimum Gasteiger partial charge on any atom is -0.340 e. The van der Waals surface area contributed by atoms with Crippen LogP contribution in [0.5, 0.6) is 0 Å². The summed E-state index contributed by atoms with van der Waals surface area (Å²) in [6.45, 7) is 1.82. The van der Waals surface area contributed by atoms with Crippen LogP contribution in [0.2, 0.25) is 0 Å². The topological polar surface area (TPSA) is 43.1 Å². The Kier molecular flexibility index (Phi) is 3.28. The highest BCUT2D eigenvalue weighted by Crippen LogP contribution is 2.36. The van der Waals surface area contributed by atoms with Gasteiger partial charge in [0.15, 0.2) is 0 Å². The molecule has 1 atom stereocenters. The van der Waals surface area contributed by atoms with Crippen molar-refractivity contribution in [1.82, 2.24) is 19.0 Å². The van der Waals surface area contributed by atoms with Crippen molar-refractivity contribution in [1.29, 1.82) is 0 Å². The number of hydrogen-bond acceptors (Lipinski definition) is 2. The number of carbonyl (C=O) groups is 1. The van der Waals surface area contributed by atoms with E-state index in [9.17, 15) is 4.79 Å². The fourth-order valence-electron chi connectivity index (χ4n) is 3.48. The van der Waals surface area contributed by atoms with E-state index < -0.39 is 0 Å². The Labute approximate surface area is 130 Å². The molecule has 0 N–H and O–H groups in total. The summed E-state index contributed by atoms with van der Waals surface area (Å²) >= 11 is 0. The van der Waals surface area contributed by atoms with Crippen LogP contribution >= 0.6 is 0 Å². The van der Waals surface area contributed by atoms with E-state index in [1.165, 1.54) is 12.8 Å². The Morgan fingerprint density at radius 3 is 3.05 bits per heavy atom. The van der Waals surface area contributed by atoms with E-state index >= 15 is 0 Å². The zero-order valence-electron chi connectivity index (χ0n) is 13.0. The van der Waals surface area contributed by atoms with E-state index in [4.69, 9.17) is 0 Å². The molecule has 0 unspecified atom stereocenters. The first kappa shape index (κ1) is 13.6. The van der Waals surface area contributed by atoms with Crippen LogP contribution in [0, 0.1) is 5.92 Å². The average molecular weight is 298 g/mol. The van der Waals surface area contributed by atoms with Crippen molar-refractivity contribution in [2.75, 3.05) is 13.6 Å². The van der Waals surface area contributed by atoms with Crippen LogP contribution in [0.25, 0.3) is 0 Å². The molecule has 5 nitrogen and oxygen atoms in total. The first-order valence-electron chi connectivity index (χ1n) is 8.14. The average Bonchev–Trinajstić information content (AvgIpc) is 3.07. The second-order valence-corrected chi connectivity index (χ2v) is 6.61. The SMILES string of the molecule is CN(C[C@@H]1CCn2ccnc2C1)C(=O)c1cccn1C1CC1. The Morgan fingerprint density at radius 2 is 2.23 bits per heavy atom. The third kappa shape index (κ3) is 2.45. The summed E-state index contributed by atoms with van der Waals surface area (Å²) in [4.78, 5) is 19.0. The fourth-order valence-corrected chi connectivity index (χ4v) is 3.48. The predicted molar refractivity (Wildman–Crippen MR) is 83.7 cm³/mol. The van der Waals surface area contributed by atoms with Gasteiger partial charge in [-0.2, -0.15) is 0 Å². The Bertz CT molecular complexity index is 682. The second-order valence-electron chi connectivity index (χ2n) is 6.61. The first-order chi connectivity index (χ1) is 10.7. The van der Waals surface area contributed by atoms with Crippen LogP contribution in [0.1, 0.15) is 41.6 Å². The quantitative estimate of drug-likeness (QED) is 0.869. The molecule has 0 aromatic carbocycles. The van der Waals surface area contributed by atoms with E-state index in [1.54, 1.807) is 0 Å². The van der Waals surface area contributed by atoms with E-state index in [0.717, 1.165) is 37.4 Å². The molecule has 1 aliphatic heterocycles. The summed E-state index contributed by atoms with van der Waals surface area (Å²) in [5.74, 6) is 1.80. The molecule has 5 heteroatoms. The number of imidazole rings is 1. The number of carbonyl (C=O) groups excluding carboxylic acids is 1. The van der Waals surface area contributed by atoms with Gasteiger partial charge in [0.25, 0.3) is 5.91 Å². The lowest BCUT2D eigenvalue weighted by atomic mass is 9.97. The zero-order valence-corrected chi connectivity index (χ0v) is 13.0. The molecule has 2 aromatic heterocycles. The molecule has 0 radical (unpaired) electrons. The molecule has 2 aliphatic rings. The number of aromatic nitrogens is 3. The number of nitrogens with zero attached hydrogens (tertiary/aromatic N) is 4. The highest BCUT2D eigenvalue weighted by molar-refractivity contribution is 5.92. The lowest BCUT2D eigenvalue weighted by Crippen LogP contribution is -2.35. The molecule has 22 heavy (non-hydrogen) atoms. The van der Waals surface area contributed by atoms with Crippen LogP contribution in [0.15, 0.2) is 30.7 Å². The standard InChI is InChI=1S/C17H22N4O/c1-19(12-13-6-9-20-10-7-18-16(20)11-13)17(22)15-3-2-8-21(15)14-4-5-14/h2-3,7-8,10,13-14H,4-6,9,11-12H2,1H3/t13-/m1/s1. The van der Waals surface area contributed by atoms with Gasteiger partial charge in [-0.1, -0.05) is 0 Å². The smallest absolute Gasteiger partial charge is 0.270 e. The summed E-state index contributed by atoms with van der Waals surface area (Å²) in [5.41, 5.74) is 0.835. The molecular formula is C17H22N4O. The Morgan fingerprint density at radius 1 is 1.36 bits per heavy atom. The van der Waals surface area contributed by atoms with Crippen LogP contribution in [-0.4, -0.2) is 38.5 Å². The van der Waals surface area contributed by atoms with Crippen molar-refractivity contribution in [2.45, 2.75) is 38.3 Å². The van der Waals surface area contributed by atoms with Crippen LogP contribution in [0.3, 0.4) is 0 Å². The normalized spacial score (nSPS) is 20.7. The highest BCUT2D eigenvalue weighted by atomic mass is 16.2. The number of fused-ring (bicyclic) bond motifs is 1. The maximum atomic E-state index is 12.7. The molecular weight excluding hydrogens is 276 g/mol. The van der Waals surface area contributed by atoms with Crippen molar-refractivity contribution in [3.63, 3.8) is 0 Å². The van der Waals surface area contributed by atoms with Crippen LogP contribution in [0.4, 0.5) is 0 Å². The largest absolute Gasteiger partial charge is 0.340 e. The Hall–Kier alpha value is -2.04. The van der Waals surface area contributed by atoms with E-state index in [2.05, 4.69) is 14.1 Å². The number of hydrogen-bond donors (Lipinski definition) is 0. The lowest BCUT2D eigenvalue weighted by Gasteiger charge is -2.28. The first-order valence-corrected chi connectivity index (χ1v) is 8.14. The number of rotatable bonds is 4. The van der Waals surface area contributed by atoms with Gasteiger partial charge < -0.3 is 14.0 Å². The van der Waals surface area contributed by atoms with Gasteiger partial charge in [0.2, 0.25) is 0 Å². The maximum absolute atomic E-state index is 12.7. The van der Waals surface area contributed by atoms with Crippen molar-refractivity contribution < 1.29 is 4.79 Å². The molecule has 1 aliphatic carbocycles. The van der Waals surface area contributed by atoms with Gasteiger partial charge in [-0.15, -0.1) is 0 Å². The predicted octanol–water partition coefficient (Wildman–Crippen LogP) is 2.35. The van der Waals surface area contributed by atoms with Gasteiger partial charge in [0.05, 0.1) is 0 Å². The van der Waals surface area contributed by atoms with E-state index in [-0.39, 0.29) is 5.91 Å². The van der Waals surface area contributed by atoms with Gasteiger partial charge in [-0.25, -0.2) is 4.98 Å². The molecule has 1 fully saturated rings. The maximum Gasteiger partial charge on any atom is 0.270 e. The zero-order chi connectivity index (χ0) is 15.1. The lowest BCUT2D eigenvalue weighted by molar-refractivity contribution is 0.0753. The molecule has 2 aromatic rings. The molecule has 3 heterocycles. The summed E-state index contributed by atoms with van der Waals surface area (Å²) in [5, 5.41) is 0. The van der Waals surface area contributed by atoms with Crippen molar-refractivity contribution >= 4 is 5.91 Å². The third-order valence-corrected chi connectivity index (χ3v) is 4.87. The van der Waals surface area contributed by atoms with Crippen molar-refractivity contribution in [3.8, 4) is 0 Å². The number of aryl methyl sites for hydroxylation is 1. The molecule has 0 saturated heterocycles. The van der Waals surface area contributed by atoms with Crippen molar-refractivity contribution in [3.05, 3.63) is 42.2 Å². The van der Waals surface area contributed by atoms with E-state index in [0.29, 0.717) is 12.0 Å². The van der Waals surface area contributed by atoms with Gasteiger partial charge in [0, 0.05) is 51.2 Å². The molecule has 1 saturated carbocycles. The van der Waals surface area contributed by atoms with Gasteiger partial charge in [0.1, 0.15) is 11.5 Å².